The SMILES string of the molecule is CCN(c1ccccc1)S(=O)(=O)c1cc(NC(=O)CC(Cl)S(=O)(=O)c2ccccc2)ccc1N=Nc1c(N)ccc2c(S(=O)(=O)O)cc(S(=O)(=O)O)cc12.[Na+]. The Hall–Kier alpha value is -3.96. The largest absolute Gasteiger partial charge is 1.00 e. The number of hydrogen-bond donors (Lipinski definition) is 4. The van der Waals surface area contributed by atoms with Crippen LogP contribution in [0.4, 0.5) is 28.4 Å². The summed E-state index contributed by atoms with van der Waals surface area (Å²) in [6, 6.07) is 22.4. The molecular weight excluding hydrogens is 829 g/mol. The van der Waals surface area contributed by atoms with Gasteiger partial charge in [0.25, 0.3) is 30.3 Å². The van der Waals surface area contributed by atoms with Crippen LogP contribution in [0.5, 0.6) is 0 Å². The van der Waals surface area contributed by atoms with E-state index in [-0.39, 0.29) is 80.2 Å². The molecule has 0 radical (unpaired) electrons. The summed E-state index contributed by atoms with van der Waals surface area (Å²) in [6.07, 6.45) is -0.703. The molecule has 0 aliphatic carbocycles. The fourth-order valence-electron chi connectivity index (χ4n) is 5.27. The number of benzene rings is 5. The number of anilines is 3. The molecule has 5 N–H and O–H groups in total. The van der Waals surface area contributed by atoms with Crippen molar-refractivity contribution in [1.82, 2.24) is 0 Å². The van der Waals surface area contributed by atoms with E-state index in [1.807, 2.05) is 0 Å². The minimum absolute atomic E-state index is 0. The van der Waals surface area contributed by atoms with Crippen LogP contribution in [0.3, 0.4) is 0 Å². The molecular formula is C33H30ClN5NaO11S4+. The molecule has 5 rings (SSSR count). The Labute approximate surface area is 344 Å². The van der Waals surface area contributed by atoms with Gasteiger partial charge in [0.1, 0.15) is 25.9 Å². The van der Waals surface area contributed by atoms with Gasteiger partial charge in [-0.3, -0.25) is 18.2 Å². The quantitative estimate of drug-likeness (QED) is 0.0438. The number of sulfone groups is 1. The molecule has 1 unspecified atom stereocenters. The van der Waals surface area contributed by atoms with Crippen LogP contribution >= 0.6 is 11.6 Å². The smallest absolute Gasteiger partial charge is 0.397 e. The number of amides is 1. The number of carbonyl (C=O) groups is 1. The van der Waals surface area contributed by atoms with E-state index in [1.165, 1.54) is 48.5 Å². The van der Waals surface area contributed by atoms with E-state index in [1.54, 1.807) is 31.2 Å². The summed E-state index contributed by atoms with van der Waals surface area (Å²) in [6.45, 7) is 1.50. The van der Waals surface area contributed by atoms with E-state index >= 15 is 0 Å². The molecule has 55 heavy (non-hydrogen) atoms. The van der Waals surface area contributed by atoms with Gasteiger partial charge in [-0.05, 0) is 67.6 Å². The summed E-state index contributed by atoms with van der Waals surface area (Å²) < 4.78 is 122. The summed E-state index contributed by atoms with van der Waals surface area (Å²) in [5, 5.41) is 10.0. The molecule has 0 aromatic heterocycles. The monoisotopic (exact) mass is 858 g/mol. The number of azo groups is 1. The van der Waals surface area contributed by atoms with Gasteiger partial charge in [-0.15, -0.1) is 21.8 Å². The van der Waals surface area contributed by atoms with E-state index in [0.29, 0.717) is 6.07 Å². The van der Waals surface area contributed by atoms with E-state index < -0.39 is 71.8 Å². The van der Waals surface area contributed by atoms with E-state index in [2.05, 4.69) is 15.5 Å². The van der Waals surface area contributed by atoms with Crippen molar-refractivity contribution in [2.75, 3.05) is 21.9 Å². The van der Waals surface area contributed by atoms with Crippen LogP contribution in [0.1, 0.15) is 13.3 Å². The van der Waals surface area contributed by atoms with Crippen LogP contribution in [-0.2, 0) is 44.9 Å². The molecule has 0 aliphatic rings. The normalized spacial score (nSPS) is 12.9. The van der Waals surface area contributed by atoms with E-state index in [9.17, 15) is 47.6 Å². The summed E-state index contributed by atoms with van der Waals surface area (Å²) in [7, 11) is -18.8. The Morgan fingerprint density at radius 2 is 1.38 bits per heavy atom. The first-order chi connectivity index (χ1) is 25.2. The Morgan fingerprint density at radius 1 is 0.764 bits per heavy atom. The second-order valence-corrected chi connectivity index (χ2v) is 18.9. The number of rotatable bonds is 13. The number of halogens is 1. The summed E-state index contributed by atoms with van der Waals surface area (Å²) >= 11 is 6.16. The summed E-state index contributed by atoms with van der Waals surface area (Å²) in [4.78, 5) is 10.6. The third-order valence-corrected chi connectivity index (χ3v) is 14.1. The molecule has 0 heterocycles. The Balaban J connectivity index is 0.00000673. The standard InChI is InChI=1S/C33H30ClN5O11S4.Na/c1-2-39(22-9-5-3-6-10-22)52(43,44)30-17-21(36-32(40)20-31(34)51(41,42)23-11-7-4-8-12-23)13-16-28(30)37-38-33-26-18-24(53(45,46)47)19-29(54(48,49)50)25(26)14-15-27(33)35;/h3-19,31H,2,20,35H2,1H3,(H,36,40)(H,45,46,47)(H,48,49,50);/q;+1. The van der Waals surface area contributed by atoms with Crippen LogP contribution in [0, 0.1) is 0 Å². The average molecular weight is 859 g/mol. The number of fused-ring (bicyclic) bond motifs is 1. The molecule has 284 valence electrons. The zero-order valence-corrected chi connectivity index (χ0v) is 34.8. The molecule has 0 saturated heterocycles. The van der Waals surface area contributed by atoms with Crippen molar-refractivity contribution in [2.45, 2.75) is 37.6 Å². The summed E-state index contributed by atoms with van der Waals surface area (Å²) in [5.41, 5.74) is 5.42. The van der Waals surface area contributed by atoms with Crippen molar-refractivity contribution < 1.29 is 77.1 Å². The number of para-hydroxylation sites is 1. The third kappa shape index (κ3) is 9.71. The predicted octanol–water partition coefficient (Wildman–Crippen LogP) is 2.92. The molecule has 0 saturated carbocycles. The minimum atomic E-state index is -5.07. The van der Waals surface area contributed by atoms with Gasteiger partial charge in [-0.25, -0.2) is 16.8 Å². The first kappa shape index (κ1) is 43.8. The first-order valence-electron chi connectivity index (χ1n) is 15.4. The van der Waals surface area contributed by atoms with Crippen molar-refractivity contribution in [1.29, 1.82) is 0 Å². The van der Waals surface area contributed by atoms with Gasteiger partial charge >= 0.3 is 29.6 Å². The zero-order chi connectivity index (χ0) is 39.6. The van der Waals surface area contributed by atoms with Crippen LogP contribution in [-0.4, -0.2) is 59.9 Å². The molecule has 0 bridgehead atoms. The Morgan fingerprint density at radius 3 is 1.96 bits per heavy atom. The van der Waals surface area contributed by atoms with Gasteiger partial charge in [-0.2, -0.15) is 16.8 Å². The van der Waals surface area contributed by atoms with Crippen LogP contribution in [0.25, 0.3) is 10.8 Å². The topological polar surface area (TPSA) is 260 Å². The zero-order valence-electron chi connectivity index (χ0n) is 28.8. The predicted molar refractivity (Wildman–Crippen MR) is 202 cm³/mol. The van der Waals surface area contributed by atoms with Crippen molar-refractivity contribution >= 4 is 96.8 Å². The maximum Gasteiger partial charge on any atom is 1.00 e. The molecule has 0 aliphatic heterocycles. The first-order valence-corrected chi connectivity index (χ1v) is 21.7. The number of hydrogen-bond acceptors (Lipinski definition) is 12. The average Bonchev–Trinajstić information content (AvgIpc) is 3.11. The van der Waals surface area contributed by atoms with Gasteiger partial charge in [0.2, 0.25) is 5.91 Å². The van der Waals surface area contributed by atoms with Crippen LogP contribution in [0.15, 0.2) is 133 Å². The van der Waals surface area contributed by atoms with Crippen molar-refractivity contribution in [3.05, 3.63) is 103 Å². The Kier molecular flexibility index (Phi) is 13.6. The van der Waals surface area contributed by atoms with Crippen LogP contribution < -0.4 is 44.9 Å². The van der Waals surface area contributed by atoms with Gasteiger partial charge in [-0.1, -0.05) is 42.5 Å². The van der Waals surface area contributed by atoms with Gasteiger partial charge in [0.15, 0.2) is 9.84 Å². The van der Waals surface area contributed by atoms with E-state index in [0.717, 1.165) is 28.6 Å². The second-order valence-electron chi connectivity index (χ2n) is 11.4. The molecule has 5 aromatic carbocycles. The number of carbonyl (C=O) groups excluding carboxylic acids is 1. The molecule has 16 nitrogen and oxygen atoms in total. The minimum Gasteiger partial charge on any atom is -0.397 e. The van der Waals surface area contributed by atoms with Gasteiger partial charge < -0.3 is 11.1 Å². The maximum absolute atomic E-state index is 14.3. The Bertz CT molecular complexity index is 2740. The number of nitrogens with zero attached hydrogens (tertiary/aromatic N) is 3. The fraction of sp³-hybridized carbons (Fsp3) is 0.121. The third-order valence-electron chi connectivity index (χ3n) is 7.80. The number of nitrogens with two attached hydrogens (primary N) is 1. The van der Waals surface area contributed by atoms with Crippen molar-refractivity contribution in [3.8, 4) is 0 Å². The van der Waals surface area contributed by atoms with Gasteiger partial charge in [0.05, 0.1) is 27.6 Å². The maximum atomic E-state index is 14.3. The molecule has 5 aromatic rings. The molecule has 0 spiro atoms. The van der Waals surface area contributed by atoms with Crippen LogP contribution in [0.2, 0.25) is 0 Å². The fourth-order valence-corrected chi connectivity index (χ4v) is 9.88. The summed E-state index contributed by atoms with van der Waals surface area (Å²) in [5.74, 6) is -0.865. The number of sulfonamides is 1. The molecule has 22 heteroatoms. The van der Waals surface area contributed by atoms with Crippen molar-refractivity contribution in [3.63, 3.8) is 0 Å². The number of alkyl halides is 1. The van der Waals surface area contributed by atoms with Crippen molar-refractivity contribution in [2.24, 2.45) is 10.2 Å². The molecule has 1 amide bonds. The van der Waals surface area contributed by atoms with E-state index in [4.69, 9.17) is 17.3 Å². The molecule has 1 atom stereocenters. The number of nitrogens with one attached hydrogen (secondary N) is 1. The van der Waals surface area contributed by atoms with Gasteiger partial charge in [0, 0.05) is 23.0 Å². The molecule has 0 fully saturated rings. The second kappa shape index (κ2) is 17.0. The number of nitrogen functional groups attached to an aromatic ring is 1.